The number of ether oxygens (including phenoxy) is 2. The Bertz CT molecular complexity index is 1170. The predicted molar refractivity (Wildman–Crippen MR) is 130 cm³/mol. The van der Waals surface area contributed by atoms with Crippen molar-refractivity contribution in [2.45, 2.75) is 19.8 Å². The maximum absolute atomic E-state index is 12.7. The number of aryl methyl sites for hydroxylation is 1. The minimum atomic E-state index is -0.371. The van der Waals surface area contributed by atoms with E-state index in [1.165, 1.54) is 0 Å². The van der Waals surface area contributed by atoms with Crippen LogP contribution in [-0.4, -0.2) is 25.2 Å². The number of anilines is 3. The van der Waals surface area contributed by atoms with Crippen LogP contribution in [0.3, 0.4) is 0 Å². The minimum Gasteiger partial charge on any atom is -0.489 e. The van der Waals surface area contributed by atoms with Crippen molar-refractivity contribution < 1.29 is 19.1 Å². The van der Waals surface area contributed by atoms with Gasteiger partial charge in [0.1, 0.15) is 0 Å². The lowest BCUT2D eigenvalue weighted by molar-refractivity contribution is -0.115. The number of nitrogens with one attached hydrogen (secondary N) is 3. The van der Waals surface area contributed by atoms with E-state index < -0.39 is 0 Å². The van der Waals surface area contributed by atoms with Crippen LogP contribution in [0.15, 0.2) is 60.7 Å². The van der Waals surface area contributed by atoms with E-state index in [4.69, 9.17) is 21.1 Å². The van der Waals surface area contributed by atoms with E-state index >= 15 is 0 Å². The Balaban J connectivity index is 1.41. The fourth-order valence-corrected chi connectivity index (χ4v) is 3.70. The van der Waals surface area contributed by atoms with Crippen molar-refractivity contribution in [3.05, 3.63) is 76.8 Å². The molecular weight excluding hydrogens is 442 g/mol. The Morgan fingerprint density at radius 2 is 1.67 bits per heavy atom. The highest BCUT2D eigenvalue weighted by atomic mass is 35.5. The summed E-state index contributed by atoms with van der Waals surface area (Å²) >= 11 is 6.33. The highest BCUT2D eigenvalue weighted by molar-refractivity contribution is 6.32. The molecule has 8 heteroatoms. The van der Waals surface area contributed by atoms with Crippen LogP contribution < -0.4 is 25.4 Å². The molecule has 0 saturated heterocycles. The second-order valence-corrected chi connectivity index (χ2v) is 8.06. The molecule has 0 spiro atoms. The van der Waals surface area contributed by atoms with Crippen LogP contribution in [0.2, 0.25) is 5.02 Å². The van der Waals surface area contributed by atoms with Crippen LogP contribution in [0.25, 0.3) is 0 Å². The molecular formula is C25H24ClN3O4. The Hall–Kier alpha value is -3.71. The molecule has 0 aromatic heterocycles. The van der Waals surface area contributed by atoms with Gasteiger partial charge in [-0.3, -0.25) is 4.79 Å². The van der Waals surface area contributed by atoms with Crippen LogP contribution in [0.5, 0.6) is 11.5 Å². The minimum absolute atomic E-state index is 0.113. The predicted octanol–water partition coefficient (Wildman–Crippen LogP) is 5.63. The van der Waals surface area contributed by atoms with Crippen molar-refractivity contribution in [2.75, 3.05) is 29.2 Å². The molecule has 3 aromatic rings. The average Bonchev–Trinajstić information content (AvgIpc) is 3.02. The van der Waals surface area contributed by atoms with Gasteiger partial charge in [-0.05, 0) is 54.4 Å². The number of amides is 3. The standard InChI is InChI=1S/C25H24ClN3O4/c1-16-8-9-19(28-25(31)27-18-6-3-2-4-7-18)15-21(16)29-23(30)14-17-12-20(26)24-22(13-17)32-10-5-11-33-24/h2-4,6-9,12-13,15H,5,10-11,14H2,1H3,(H,29,30)(H2,27,28,31). The first-order chi connectivity index (χ1) is 16.0. The molecule has 3 aromatic carbocycles. The van der Waals surface area contributed by atoms with Gasteiger partial charge in [-0.2, -0.15) is 0 Å². The van der Waals surface area contributed by atoms with Crippen LogP contribution in [-0.2, 0) is 11.2 Å². The van der Waals surface area contributed by atoms with E-state index in [1.807, 2.05) is 31.2 Å². The van der Waals surface area contributed by atoms with E-state index in [0.717, 1.165) is 17.5 Å². The molecule has 0 aliphatic carbocycles. The zero-order valence-electron chi connectivity index (χ0n) is 18.1. The van der Waals surface area contributed by atoms with Gasteiger partial charge < -0.3 is 25.4 Å². The highest BCUT2D eigenvalue weighted by Gasteiger charge is 2.17. The summed E-state index contributed by atoms with van der Waals surface area (Å²) < 4.78 is 11.3. The van der Waals surface area contributed by atoms with E-state index in [0.29, 0.717) is 46.8 Å². The molecule has 0 atom stereocenters. The quantitative estimate of drug-likeness (QED) is 0.455. The summed E-state index contributed by atoms with van der Waals surface area (Å²) in [5.74, 6) is 0.853. The molecule has 33 heavy (non-hydrogen) atoms. The molecule has 0 saturated carbocycles. The lowest BCUT2D eigenvalue weighted by Gasteiger charge is -2.14. The summed E-state index contributed by atoms with van der Waals surface area (Å²) in [5.41, 5.74) is 3.44. The van der Waals surface area contributed by atoms with Gasteiger partial charge in [0.15, 0.2) is 11.5 Å². The van der Waals surface area contributed by atoms with Crippen LogP contribution in [0.1, 0.15) is 17.5 Å². The normalized spacial score (nSPS) is 12.4. The first-order valence-electron chi connectivity index (χ1n) is 10.6. The molecule has 0 unspecified atom stereocenters. The number of halogens is 1. The van der Waals surface area contributed by atoms with E-state index in [9.17, 15) is 9.59 Å². The molecule has 0 radical (unpaired) electrons. The number of rotatable bonds is 5. The van der Waals surface area contributed by atoms with Crippen LogP contribution >= 0.6 is 11.6 Å². The van der Waals surface area contributed by atoms with Gasteiger partial charge >= 0.3 is 6.03 Å². The molecule has 170 valence electrons. The number of fused-ring (bicyclic) bond motifs is 1. The van der Waals surface area contributed by atoms with Crippen molar-refractivity contribution in [1.29, 1.82) is 0 Å². The Labute approximate surface area is 197 Å². The van der Waals surface area contributed by atoms with Gasteiger partial charge in [-0.15, -0.1) is 0 Å². The third kappa shape index (κ3) is 5.96. The third-order valence-electron chi connectivity index (χ3n) is 5.03. The SMILES string of the molecule is Cc1ccc(NC(=O)Nc2ccccc2)cc1NC(=O)Cc1cc(Cl)c2c(c1)OCCCO2. The smallest absolute Gasteiger partial charge is 0.323 e. The summed E-state index contributed by atoms with van der Waals surface area (Å²) in [6.07, 6.45) is 0.885. The molecule has 1 aliphatic heterocycles. The Morgan fingerprint density at radius 3 is 2.48 bits per heavy atom. The van der Waals surface area contributed by atoms with Gasteiger partial charge in [0.25, 0.3) is 0 Å². The van der Waals surface area contributed by atoms with Gasteiger partial charge in [0, 0.05) is 23.5 Å². The van der Waals surface area contributed by atoms with Crippen molar-refractivity contribution in [3.8, 4) is 11.5 Å². The van der Waals surface area contributed by atoms with E-state index in [-0.39, 0.29) is 18.4 Å². The molecule has 0 bridgehead atoms. The molecule has 3 N–H and O–H groups in total. The van der Waals surface area contributed by atoms with E-state index in [1.54, 1.807) is 36.4 Å². The van der Waals surface area contributed by atoms with Gasteiger partial charge in [-0.1, -0.05) is 35.9 Å². The number of carbonyl (C=O) groups excluding carboxylic acids is 2. The number of hydrogen-bond acceptors (Lipinski definition) is 4. The maximum Gasteiger partial charge on any atom is 0.323 e. The monoisotopic (exact) mass is 465 g/mol. The fourth-order valence-electron chi connectivity index (χ4n) is 3.42. The topological polar surface area (TPSA) is 88.7 Å². The molecule has 1 aliphatic rings. The molecule has 0 fully saturated rings. The number of hydrogen-bond donors (Lipinski definition) is 3. The second-order valence-electron chi connectivity index (χ2n) is 7.66. The zero-order chi connectivity index (χ0) is 23.2. The number of urea groups is 1. The fraction of sp³-hybridized carbons (Fsp3) is 0.200. The van der Waals surface area contributed by atoms with Crippen LogP contribution in [0, 0.1) is 6.92 Å². The molecule has 4 rings (SSSR count). The summed E-state index contributed by atoms with van der Waals surface area (Å²) in [4.78, 5) is 25.0. The van der Waals surface area contributed by atoms with Crippen molar-refractivity contribution >= 4 is 40.6 Å². The third-order valence-corrected chi connectivity index (χ3v) is 5.31. The second kappa shape index (κ2) is 10.3. The summed E-state index contributed by atoms with van der Waals surface area (Å²) in [5, 5.41) is 8.87. The first-order valence-corrected chi connectivity index (χ1v) is 11.0. The summed E-state index contributed by atoms with van der Waals surface area (Å²) in [7, 11) is 0. The largest absolute Gasteiger partial charge is 0.489 e. The Morgan fingerprint density at radius 1 is 0.909 bits per heavy atom. The molecule has 7 nitrogen and oxygen atoms in total. The number of carbonyl (C=O) groups is 2. The van der Waals surface area contributed by atoms with Crippen molar-refractivity contribution in [1.82, 2.24) is 0 Å². The Kier molecular flexibility index (Phi) is 7.00. The zero-order valence-corrected chi connectivity index (χ0v) is 18.9. The lowest BCUT2D eigenvalue weighted by Crippen LogP contribution is -2.20. The van der Waals surface area contributed by atoms with Gasteiger partial charge in [-0.25, -0.2) is 4.79 Å². The molecule has 1 heterocycles. The first kappa shape index (κ1) is 22.5. The number of para-hydroxylation sites is 1. The number of benzene rings is 3. The van der Waals surface area contributed by atoms with Crippen molar-refractivity contribution in [2.24, 2.45) is 0 Å². The highest BCUT2D eigenvalue weighted by Crippen LogP contribution is 2.38. The summed E-state index contributed by atoms with van der Waals surface area (Å²) in [6, 6.07) is 17.6. The van der Waals surface area contributed by atoms with E-state index in [2.05, 4.69) is 16.0 Å². The average molecular weight is 466 g/mol. The summed E-state index contributed by atoms with van der Waals surface area (Å²) in [6.45, 7) is 2.96. The van der Waals surface area contributed by atoms with Gasteiger partial charge in [0.05, 0.1) is 24.7 Å². The van der Waals surface area contributed by atoms with Gasteiger partial charge in [0.2, 0.25) is 5.91 Å². The maximum atomic E-state index is 12.7. The lowest BCUT2D eigenvalue weighted by atomic mass is 10.1. The van der Waals surface area contributed by atoms with Crippen molar-refractivity contribution in [3.63, 3.8) is 0 Å². The van der Waals surface area contributed by atoms with Crippen LogP contribution in [0.4, 0.5) is 21.9 Å². The molecule has 3 amide bonds.